The van der Waals surface area contributed by atoms with Crippen LogP contribution in [0.1, 0.15) is 50.7 Å². The van der Waals surface area contributed by atoms with E-state index in [4.69, 9.17) is 9.47 Å². The molecular formula is C17H26O3. The zero-order valence-electron chi connectivity index (χ0n) is 12.8. The number of methoxy groups -OCH3 is 2. The maximum Gasteiger partial charge on any atom is 0.166 e. The van der Waals surface area contributed by atoms with E-state index < -0.39 is 6.10 Å². The third-order valence-electron chi connectivity index (χ3n) is 4.67. The highest BCUT2D eigenvalue weighted by atomic mass is 16.5. The molecular weight excluding hydrogens is 252 g/mol. The summed E-state index contributed by atoms with van der Waals surface area (Å²) in [4.78, 5) is 0. The second-order valence-corrected chi connectivity index (χ2v) is 5.72. The molecule has 0 aromatic heterocycles. The first-order valence-electron chi connectivity index (χ1n) is 7.60. The van der Waals surface area contributed by atoms with E-state index in [1.54, 1.807) is 14.2 Å². The molecule has 1 aliphatic carbocycles. The Morgan fingerprint density at radius 2 is 1.85 bits per heavy atom. The van der Waals surface area contributed by atoms with Crippen LogP contribution in [-0.4, -0.2) is 19.3 Å². The standard InChI is InChI=1S/C17H26O3/c1-4-12-8-10-13(11-9-12)16(18)14-6-5-7-15(19-2)17(14)20-3/h5-7,12-13,16,18H,4,8-11H2,1-3H3. The van der Waals surface area contributed by atoms with Crippen LogP contribution in [0.2, 0.25) is 0 Å². The van der Waals surface area contributed by atoms with E-state index in [1.807, 2.05) is 18.2 Å². The van der Waals surface area contributed by atoms with Gasteiger partial charge in [0.2, 0.25) is 0 Å². The molecule has 0 bridgehead atoms. The fourth-order valence-corrected chi connectivity index (χ4v) is 3.31. The fraction of sp³-hybridized carbons (Fsp3) is 0.647. The molecule has 0 amide bonds. The summed E-state index contributed by atoms with van der Waals surface area (Å²) in [6.45, 7) is 2.26. The summed E-state index contributed by atoms with van der Waals surface area (Å²) < 4.78 is 10.7. The van der Waals surface area contributed by atoms with Gasteiger partial charge < -0.3 is 14.6 Å². The molecule has 1 aromatic carbocycles. The van der Waals surface area contributed by atoms with E-state index in [2.05, 4.69) is 6.92 Å². The zero-order valence-corrected chi connectivity index (χ0v) is 12.8. The minimum absolute atomic E-state index is 0.332. The average Bonchev–Trinajstić information content (AvgIpc) is 2.53. The van der Waals surface area contributed by atoms with Gasteiger partial charge in [0.25, 0.3) is 0 Å². The maximum absolute atomic E-state index is 10.7. The molecule has 0 aliphatic heterocycles. The second-order valence-electron chi connectivity index (χ2n) is 5.72. The monoisotopic (exact) mass is 278 g/mol. The summed E-state index contributed by atoms with van der Waals surface area (Å²) in [5.41, 5.74) is 0.854. The summed E-state index contributed by atoms with van der Waals surface area (Å²) in [6, 6.07) is 5.72. The molecule has 3 heteroatoms. The molecule has 1 aromatic rings. The van der Waals surface area contributed by atoms with Gasteiger partial charge in [-0.3, -0.25) is 0 Å². The Morgan fingerprint density at radius 1 is 1.15 bits per heavy atom. The Morgan fingerprint density at radius 3 is 2.40 bits per heavy atom. The van der Waals surface area contributed by atoms with Gasteiger partial charge in [-0.1, -0.05) is 38.3 Å². The van der Waals surface area contributed by atoms with E-state index in [-0.39, 0.29) is 0 Å². The van der Waals surface area contributed by atoms with Gasteiger partial charge in [0, 0.05) is 5.56 Å². The van der Waals surface area contributed by atoms with Crippen molar-refractivity contribution in [2.45, 2.75) is 45.1 Å². The van der Waals surface area contributed by atoms with E-state index in [9.17, 15) is 5.11 Å². The van der Waals surface area contributed by atoms with Crippen molar-refractivity contribution in [3.8, 4) is 11.5 Å². The van der Waals surface area contributed by atoms with Gasteiger partial charge in [-0.05, 0) is 30.7 Å². The van der Waals surface area contributed by atoms with E-state index in [1.165, 1.54) is 19.3 Å². The summed E-state index contributed by atoms with van der Waals surface area (Å²) in [6.07, 6.45) is 5.44. The number of aliphatic hydroxyl groups excluding tert-OH is 1. The molecule has 1 saturated carbocycles. The molecule has 0 heterocycles. The van der Waals surface area contributed by atoms with E-state index in [0.29, 0.717) is 17.4 Å². The molecule has 1 N–H and O–H groups in total. The lowest BCUT2D eigenvalue weighted by Crippen LogP contribution is -2.20. The van der Waals surface area contributed by atoms with Crippen molar-refractivity contribution >= 4 is 0 Å². The van der Waals surface area contributed by atoms with Crippen LogP contribution in [0.3, 0.4) is 0 Å². The first-order chi connectivity index (χ1) is 9.71. The molecule has 20 heavy (non-hydrogen) atoms. The molecule has 3 nitrogen and oxygen atoms in total. The molecule has 1 unspecified atom stereocenters. The van der Waals surface area contributed by atoms with E-state index in [0.717, 1.165) is 24.3 Å². The lowest BCUT2D eigenvalue weighted by Gasteiger charge is -2.31. The quantitative estimate of drug-likeness (QED) is 0.886. The van der Waals surface area contributed by atoms with Crippen LogP contribution < -0.4 is 9.47 Å². The van der Waals surface area contributed by atoms with Gasteiger partial charge in [0.1, 0.15) is 0 Å². The van der Waals surface area contributed by atoms with Gasteiger partial charge in [0.05, 0.1) is 20.3 Å². The van der Waals surface area contributed by atoms with Crippen molar-refractivity contribution in [2.75, 3.05) is 14.2 Å². The van der Waals surface area contributed by atoms with Crippen LogP contribution in [-0.2, 0) is 0 Å². The summed E-state index contributed by atoms with van der Waals surface area (Å²) >= 11 is 0. The van der Waals surface area contributed by atoms with Crippen molar-refractivity contribution in [3.63, 3.8) is 0 Å². The number of ether oxygens (including phenoxy) is 2. The van der Waals surface area contributed by atoms with Crippen LogP contribution >= 0.6 is 0 Å². The first-order valence-corrected chi connectivity index (χ1v) is 7.60. The highest BCUT2D eigenvalue weighted by Crippen LogP contribution is 2.42. The molecule has 1 fully saturated rings. The van der Waals surface area contributed by atoms with Gasteiger partial charge in [0.15, 0.2) is 11.5 Å². The summed E-state index contributed by atoms with van der Waals surface area (Å²) in [5.74, 6) is 2.52. The van der Waals surface area contributed by atoms with Crippen molar-refractivity contribution in [1.29, 1.82) is 0 Å². The molecule has 112 valence electrons. The zero-order chi connectivity index (χ0) is 14.5. The minimum Gasteiger partial charge on any atom is -0.493 e. The van der Waals surface area contributed by atoms with Gasteiger partial charge in [-0.15, -0.1) is 0 Å². The molecule has 2 rings (SSSR count). The fourth-order valence-electron chi connectivity index (χ4n) is 3.31. The average molecular weight is 278 g/mol. The van der Waals surface area contributed by atoms with Crippen molar-refractivity contribution in [3.05, 3.63) is 23.8 Å². The Labute approximate surface area is 121 Å². The van der Waals surface area contributed by atoms with Gasteiger partial charge in [-0.25, -0.2) is 0 Å². The Balaban J connectivity index is 2.15. The number of rotatable bonds is 5. The molecule has 0 spiro atoms. The molecule has 0 saturated heterocycles. The van der Waals surface area contributed by atoms with Gasteiger partial charge >= 0.3 is 0 Å². The molecule has 0 radical (unpaired) electrons. The number of hydrogen-bond donors (Lipinski definition) is 1. The van der Waals surface area contributed by atoms with Crippen molar-refractivity contribution < 1.29 is 14.6 Å². The maximum atomic E-state index is 10.7. The van der Waals surface area contributed by atoms with E-state index >= 15 is 0 Å². The van der Waals surface area contributed by atoms with Crippen LogP contribution in [0.5, 0.6) is 11.5 Å². The molecule has 1 atom stereocenters. The lowest BCUT2D eigenvalue weighted by atomic mass is 9.77. The van der Waals surface area contributed by atoms with Crippen molar-refractivity contribution in [1.82, 2.24) is 0 Å². The highest BCUT2D eigenvalue weighted by molar-refractivity contribution is 5.47. The van der Waals surface area contributed by atoms with Crippen LogP contribution in [0.25, 0.3) is 0 Å². The smallest absolute Gasteiger partial charge is 0.166 e. The third kappa shape index (κ3) is 3.09. The third-order valence-corrected chi connectivity index (χ3v) is 4.67. The number of hydrogen-bond acceptors (Lipinski definition) is 3. The number of aliphatic hydroxyl groups is 1. The summed E-state index contributed by atoms with van der Waals surface area (Å²) in [7, 11) is 3.25. The largest absolute Gasteiger partial charge is 0.493 e. The number of para-hydroxylation sites is 1. The topological polar surface area (TPSA) is 38.7 Å². The predicted molar refractivity (Wildman–Crippen MR) is 80.2 cm³/mol. The van der Waals surface area contributed by atoms with Crippen LogP contribution in [0, 0.1) is 11.8 Å². The minimum atomic E-state index is -0.460. The highest BCUT2D eigenvalue weighted by Gasteiger charge is 2.29. The van der Waals surface area contributed by atoms with Crippen LogP contribution in [0.4, 0.5) is 0 Å². The normalized spacial score (nSPS) is 24.2. The van der Waals surface area contributed by atoms with Crippen molar-refractivity contribution in [2.24, 2.45) is 11.8 Å². The first kappa shape index (κ1) is 15.2. The number of benzene rings is 1. The Hall–Kier alpha value is -1.22. The van der Waals surface area contributed by atoms with Crippen LogP contribution in [0.15, 0.2) is 18.2 Å². The SMILES string of the molecule is CCC1CCC(C(O)c2cccc(OC)c2OC)CC1. The second kappa shape index (κ2) is 6.98. The van der Waals surface area contributed by atoms with Gasteiger partial charge in [-0.2, -0.15) is 0 Å². The lowest BCUT2D eigenvalue weighted by molar-refractivity contribution is 0.0705. The Kier molecular flexibility index (Phi) is 5.30. The summed E-state index contributed by atoms with van der Waals surface area (Å²) in [5, 5.41) is 10.7. The Bertz CT molecular complexity index is 422. The molecule has 1 aliphatic rings. The predicted octanol–water partition coefficient (Wildman–Crippen LogP) is 3.95.